The summed E-state index contributed by atoms with van der Waals surface area (Å²) < 4.78 is 27.6. The first kappa shape index (κ1) is 20.4. The highest BCUT2D eigenvalue weighted by Gasteiger charge is 2.43. The molecular formula is C22H27N5O3S. The van der Waals surface area contributed by atoms with Crippen molar-refractivity contribution in [2.45, 2.75) is 4.90 Å². The lowest BCUT2D eigenvalue weighted by molar-refractivity contribution is -0.113. The number of rotatable bonds is 2. The molecule has 0 aromatic heterocycles. The molecule has 1 aliphatic carbocycles. The summed E-state index contributed by atoms with van der Waals surface area (Å²) in [4.78, 5) is 26.9. The molecule has 0 atom stereocenters. The average molecular weight is 442 g/mol. The highest BCUT2D eigenvalue weighted by atomic mass is 32.2. The van der Waals surface area contributed by atoms with Crippen molar-refractivity contribution in [3.63, 3.8) is 0 Å². The van der Waals surface area contributed by atoms with E-state index in [1.54, 1.807) is 30.3 Å². The van der Waals surface area contributed by atoms with Crippen LogP contribution < -0.4 is 0 Å². The molecule has 0 saturated carbocycles. The molecule has 164 valence electrons. The van der Waals surface area contributed by atoms with Gasteiger partial charge in [0, 0.05) is 58.4 Å². The van der Waals surface area contributed by atoms with Crippen LogP contribution in [0.25, 0.3) is 0 Å². The minimum atomic E-state index is -3.88. The monoisotopic (exact) mass is 441 g/mol. The third kappa shape index (κ3) is 3.40. The first-order chi connectivity index (χ1) is 14.9. The molecule has 1 aromatic rings. The second kappa shape index (κ2) is 7.58. The van der Waals surface area contributed by atoms with Crippen LogP contribution in [0.1, 0.15) is 0 Å². The van der Waals surface area contributed by atoms with E-state index in [0.29, 0.717) is 30.2 Å². The van der Waals surface area contributed by atoms with Crippen LogP contribution in [0.5, 0.6) is 0 Å². The highest BCUT2D eigenvalue weighted by Crippen LogP contribution is 2.41. The number of carbonyl (C=O) groups is 1. The fourth-order valence-electron chi connectivity index (χ4n) is 4.59. The van der Waals surface area contributed by atoms with Crippen LogP contribution in [-0.4, -0.2) is 106 Å². The average Bonchev–Trinajstić information content (AvgIpc) is 2.75. The topological polar surface area (TPSA) is 76.5 Å². The van der Waals surface area contributed by atoms with E-state index >= 15 is 0 Å². The Morgan fingerprint density at radius 1 is 0.839 bits per heavy atom. The predicted molar refractivity (Wildman–Crippen MR) is 119 cm³/mol. The first-order valence-electron chi connectivity index (χ1n) is 10.7. The summed E-state index contributed by atoms with van der Waals surface area (Å²) in [5.74, 6) is -0.240. The number of piperazine rings is 2. The number of nitrogens with zero attached hydrogens (tertiary/aromatic N) is 5. The van der Waals surface area contributed by atoms with E-state index in [4.69, 9.17) is 4.99 Å². The summed E-state index contributed by atoms with van der Waals surface area (Å²) in [5, 5.41) is 0. The fraction of sp³-hybridized carbons (Fsp3) is 0.455. The van der Waals surface area contributed by atoms with E-state index in [0.717, 1.165) is 39.3 Å². The number of fused-ring (bicyclic) bond motifs is 2. The van der Waals surface area contributed by atoms with Crippen molar-refractivity contribution >= 4 is 27.0 Å². The number of hydrogen-bond donors (Lipinski definition) is 0. The molecule has 5 rings (SSSR count). The summed E-state index contributed by atoms with van der Waals surface area (Å²) in [6, 6.07) is 6.80. The smallest absolute Gasteiger partial charge is 0.213 e. The molecule has 3 heterocycles. The van der Waals surface area contributed by atoms with Crippen molar-refractivity contribution in [1.29, 1.82) is 0 Å². The van der Waals surface area contributed by atoms with Gasteiger partial charge in [0.15, 0.2) is 0 Å². The number of benzene rings is 1. The molecule has 0 bridgehead atoms. The molecule has 0 spiro atoms. The molecule has 0 amide bonds. The van der Waals surface area contributed by atoms with E-state index < -0.39 is 9.84 Å². The van der Waals surface area contributed by atoms with Crippen LogP contribution >= 0.6 is 0 Å². The van der Waals surface area contributed by atoms with E-state index in [-0.39, 0.29) is 21.3 Å². The van der Waals surface area contributed by atoms with Gasteiger partial charge in [-0.05, 0) is 26.2 Å². The van der Waals surface area contributed by atoms with E-state index in [9.17, 15) is 13.2 Å². The lowest BCUT2D eigenvalue weighted by Gasteiger charge is -2.40. The van der Waals surface area contributed by atoms with Gasteiger partial charge < -0.3 is 19.6 Å². The van der Waals surface area contributed by atoms with E-state index in [2.05, 4.69) is 21.7 Å². The lowest BCUT2D eigenvalue weighted by atomic mass is 10.0. The number of hydrogen-bond acceptors (Lipinski definition) is 8. The van der Waals surface area contributed by atoms with Crippen LogP contribution in [0.2, 0.25) is 0 Å². The molecule has 2 saturated heterocycles. The second-order valence-corrected chi connectivity index (χ2v) is 10.4. The number of allylic oxidation sites excluding steroid dienone is 2. The van der Waals surface area contributed by atoms with E-state index in [1.165, 1.54) is 0 Å². The lowest BCUT2D eigenvalue weighted by Crippen LogP contribution is -2.49. The Balaban J connectivity index is 1.68. The van der Waals surface area contributed by atoms with Crippen LogP contribution in [0, 0.1) is 0 Å². The third-order valence-corrected chi connectivity index (χ3v) is 8.34. The Morgan fingerprint density at radius 3 is 2.06 bits per heavy atom. The van der Waals surface area contributed by atoms with Gasteiger partial charge in [-0.15, -0.1) is 0 Å². The van der Waals surface area contributed by atoms with Gasteiger partial charge in [-0.2, -0.15) is 0 Å². The summed E-state index contributed by atoms with van der Waals surface area (Å²) in [6.07, 6.45) is 1.60. The minimum absolute atomic E-state index is 0.0807. The maximum absolute atomic E-state index is 13.8. The third-order valence-electron chi connectivity index (χ3n) is 6.49. The fourth-order valence-corrected chi connectivity index (χ4v) is 6.34. The predicted octanol–water partition coefficient (Wildman–Crippen LogP) is 0.719. The molecule has 0 radical (unpaired) electrons. The minimum Gasteiger partial charge on any atom is -0.367 e. The zero-order valence-electron chi connectivity index (χ0n) is 17.9. The Kier molecular flexibility index (Phi) is 4.99. The van der Waals surface area contributed by atoms with Gasteiger partial charge in [0.05, 0.1) is 16.3 Å². The van der Waals surface area contributed by atoms with Gasteiger partial charge in [-0.3, -0.25) is 4.79 Å². The van der Waals surface area contributed by atoms with Crippen LogP contribution in [0.15, 0.2) is 56.5 Å². The van der Waals surface area contributed by atoms with Gasteiger partial charge in [-0.25, -0.2) is 13.4 Å². The molecular weight excluding hydrogens is 414 g/mol. The van der Waals surface area contributed by atoms with Crippen molar-refractivity contribution in [3.05, 3.63) is 46.6 Å². The first-order valence-corrected chi connectivity index (χ1v) is 12.2. The largest absolute Gasteiger partial charge is 0.367 e. The number of carbonyl (C=O) groups excluding carboxylic acids is 1. The molecule has 0 unspecified atom stereocenters. The molecule has 9 heteroatoms. The molecule has 4 aliphatic rings. The van der Waals surface area contributed by atoms with Gasteiger partial charge >= 0.3 is 0 Å². The second-order valence-electron chi connectivity index (χ2n) is 8.58. The summed E-state index contributed by atoms with van der Waals surface area (Å²) in [6.45, 7) is 5.96. The number of ketones is 1. The number of likely N-dealkylation sites (N-methyl/N-ethyl adjacent to an activating group) is 2. The Morgan fingerprint density at radius 2 is 1.42 bits per heavy atom. The standard InChI is InChI=1S/C22H27N5O3S/c1-24-7-11-26(12-8-24)17-15-18(28)21(27-13-9-25(2)10-14-27)22-20(17)23-16-5-3-4-6-19(16)31(22,29)30/h3-6,15H,7-14H2,1-2H3. The van der Waals surface area contributed by atoms with Crippen molar-refractivity contribution in [3.8, 4) is 0 Å². The maximum Gasteiger partial charge on any atom is 0.213 e. The summed E-state index contributed by atoms with van der Waals surface area (Å²) >= 11 is 0. The van der Waals surface area contributed by atoms with Gasteiger partial charge in [0.2, 0.25) is 15.6 Å². The highest BCUT2D eigenvalue weighted by molar-refractivity contribution is 7.96. The van der Waals surface area contributed by atoms with Gasteiger partial charge in [-0.1, -0.05) is 12.1 Å². The number of aliphatic imine (C=N–C) groups is 1. The van der Waals surface area contributed by atoms with Crippen molar-refractivity contribution in [2.75, 3.05) is 66.5 Å². The van der Waals surface area contributed by atoms with Crippen molar-refractivity contribution in [2.24, 2.45) is 4.99 Å². The summed E-state index contributed by atoms with van der Waals surface area (Å²) in [7, 11) is 0.219. The molecule has 3 aliphatic heterocycles. The molecule has 0 N–H and O–H groups in total. The molecule has 2 fully saturated rings. The number of sulfone groups is 1. The molecule has 8 nitrogen and oxygen atoms in total. The Labute approximate surface area is 183 Å². The Bertz CT molecular complexity index is 1120. The van der Waals surface area contributed by atoms with E-state index in [1.807, 2.05) is 11.9 Å². The zero-order chi connectivity index (χ0) is 21.8. The SMILES string of the molecule is CN1CCN(C2=CC(=O)C(N3CCN(C)CC3)=C3C2=Nc2ccccc2S3(=O)=O)CC1. The van der Waals surface area contributed by atoms with Gasteiger partial charge in [0.1, 0.15) is 16.3 Å². The zero-order valence-corrected chi connectivity index (χ0v) is 18.7. The number of para-hydroxylation sites is 1. The maximum atomic E-state index is 13.8. The van der Waals surface area contributed by atoms with Gasteiger partial charge in [0.25, 0.3) is 0 Å². The van der Waals surface area contributed by atoms with Crippen LogP contribution in [0.4, 0.5) is 5.69 Å². The molecule has 1 aromatic carbocycles. The van der Waals surface area contributed by atoms with Crippen LogP contribution in [-0.2, 0) is 14.6 Å². The van der Waals surface area contributed by atoms with Crippen LogP contribution in [0.3, 0.4) is 0 Å². The quantitative estimate of drug-likeness (QED) is 0.626. The van der Waals surface area contributed by atoms with Crippen molar-refractivity contribution < 1.29 is 13.2 Å². The Hall–Kier alpha value is -2.49. The normalized spacial score (nSPS) is 24.5. The van der Waals surface area contributed by atoms with Crippen molar-refractivity contribution in [1.82, 2.24) is 19.6 Å². The summed E-state index contributed by atoms with van der Waals surface area (Å²) in [5.41, 5.74) is 1.76. The molecule has 31 heavy (non-hydrogen) atoms.